The second-order valence-electron chi connectivity index (χ2n) is 7.61. The third-order valence-electron chi connectivity index (χ3n) is 4.85. The van der Waals surface area contributed by atoms with Crippen molar-refractivity contribution in [3.8, 4) is 11.6 Å². The molecule has 0 saturated heterocycles. The van der Waals surface area contributed by atoms with Crippen LogP contribution in [0.2, 0.25) is 0 Å². The van der Waals surface area contributed by atoms with Gasteiger partial charge in [-0.2, -0.15) is 26.3 Å². The van der Waals surface area contributed by atoms with E-state index in [1.54, 1.807) is 24.3 Å². The molecule has 0 aliphatic carbocycles. The van der Waals surface area contributed by atoms with E-state index in [0.717, 1.165) is 24.4 Å². The van der Waals surface area contributed by atoms with E-state index in [9.17, 15) is 31.1 Å². The summed E-state index contributed by atoms with van der Waals surface area (Å²) in [6, 6.07) is 10.5. The van der Waals surface area contributed by atoms with Gasteiger partial charge in [-0.25, -0.2) is 9.98 Å². The van der Waals surface area contributed by atoms with E-state index in [2.05, 4.69) is 32.2 Å². The molecule has 0 aliphatic heterocycles. The first-order valence-corrected chi connectivity index (χ1v) is 10.6. The van der Waals surface area contributed by atoms with Gasteiger partial charge in [0.25, 0.3) is 11.8 Å². The second-order valence-corrected chi connectivity index (χ2v) is 7.61. The highest BCUT2D eigenvalue weighted by Gasteiger charge is 2.35. The molecule has 0 saturated carbocycles. The molecule has 0 radical (unpaired) electrons. The molecule has 13 heteroatoms. The second kappa shape index (κ2) is 11.2. The molecule has 3 aromatic rings. The number of nitrogens with zero attached hydrogens (tertiary/aromatic N) is 4. The first kappa shape index (κ1) is 27.3. The van der Waals surface area contributed by atoms with Crippen LogP contribution in [0.4, 0.5) is 26.3 Å². The van der Waals surface area contributed by atoms with Crippen molar-refractivity contribution in [2.24, 2.45) is 9.98 Å². The summed E-state index contributed by atoms with van der Waals surface area (Å²) in [5.74, 6) is -2.60. The Labute approximate surface area is 206 Å². The number of benzene rings is 2. The van der Waals surface area contributed by atoms with E-state index in [0.29, 0.717) is 16.5 Å². The number of nitrogens with one attached hydrogen (secondary N) is 1. The molecule has 0 atom stereocenters. The quantitative estimate of drug-likeness (QED) is 0.229. The lowest BCUT2D eigenvalue weighted by Crippen LogP contribution is -2.26. The monoisotopic (exact) mass is 523 g/mol. The smallest absolute Gasteiger partial charge is 0.437 e. The topological polar surface area (TPSA) is 88.8 Å². The van der Waals surface area contributed by atoms with Crippen LogP contribution in [0, 0.1) is 0 Å². The Balaban J connectivity index is 1.83. The Bertz CT molecular complexity index is 1370. The first-order valence-electron chi connectivity index (χ1n) is 10.6. The van der Waals surface area contributed by atoms with E-state index in [1.165, 1.54) is 13.0 Å². The largest absolute Gasteiger partial charge is 0.451 e. The number of aliphatic imine (C=N–C) groups is 2. The molecule has 3 rings (SSSR count). The number of halogens is 6. The molecule has 0 unspecified atom stereocenters. The lowest BCUT2D eigenvalue weighted by Gasteiger charge is -2.13. The number of rotatable bonds is 7. The fourth-order valence-electron chi connectivity index (χ4n) is 3.08. The van der Waals surface area contributed by atoms with Crippen molar-refractivity contribution in [3.63, 3.8) is 0 Å². The van der Waals surface area contributed by atoms with E-state index in [1.807, 2.05) is 0 Å². The maximum atomic E-state index is 13.1. The van der Waals surface area contributed by atoms with Crippen LogP contribution in [0.15, 0.2) is 70.3 Å². The van der Waals surface area contributed by atoms with Crippen LogP contribution in [-0.2, 0) is 6.18 Å². The van der Waals surface area contributed by atoms with Crippen molar-refractivity contribution in [3.05, 3.63) is 71.4 Å². The van der Waals surface area contributed by atoms with Gasteiger partial charge in [0.2, 0.25) is 5.84 Å². The van der Waals surface area contributed by atoms with Gasteiger partial charge in [-0.1, -0.05) is 29.8 Å². The Kier molecular flexibility index (Phi) is 8.25. The zero-order valence-electron chi connectivity index (χ0n) is 19.2. The molecular formula is C24H19F6N5O2. The SMILES string of the molecule is C=NC(=N/C=C(\C)CCNC(=O)c1c(Oc2cccc(C(F)(F)F)c2)nnc2ccccc12)C(F)(F)F. The van der Waals surface area contributed by atoms with Crippen molar-refractivity contribution in [2.45, 2.75) is 25.7 Å². The molecule has 0 fully saturated rings. The number of alkyl halides is 6. The Morgan fingerprint density at radius 2 is 1.81 bits per heavy atom. The summed E-state index contributed by atoms with van der Waals surface area (Å²) in [5.41, 5.74) is -0.275. The molecule has 2 aromatic carbocycles. The molecule has 1 N–H and O–H groups in total. The molecule has 194 valence electrons. The van der Waals surface area contributed by atoms with Crippen LogP contribution in [0.3, 0.4) is 0 Å². The fraction of sp³-hybridized carbons (Fsp3) is 0.208. The first-order chi connectivity index (χ1) is 17.4. The summed E-state index contributed by atoms with van der Waals surface area (Å²) in [6.07, 6.45) is -8.25. The summed E-state index contributed by atoms with van der Waals surface area (Å²) in [6.45, 7) is 4.35. The Hall–Kier alpha value is -4.29. The summed E-state index contributed by atoms with van der Waals surface area (Å²) < 4.78 is 82.8. The van der Waals surface area contributed by atoms with Crippen LogP contribution in [0.25, 0.3) is 10.9 Å². The van der Waals surface area contributed by atoms with Crippen LogP contribution in [0.1, 0.15) is 29.3 Å². The normalized spacial score (nSPS) is 12.9. The molecule has 37 heavy (non-hydrogen) atoms. The lowest BCUT2D eigenvalue weighted by molar-refractivity contribution is -0.137. The van der Waals surface area contributed by atoms with Gasteiger partial charge in [0, 0.05) is 18.1 Å². The minimum absolute atomic E-state index is 0.000789. The molecule has 0 bridgehead atoms. The summed E-state index contributed by atoms with van der Waals surface area (Å²) >= 11 is 0. The van der Waals surface area contributed by atoms with Crippen molar-refractivity contribution >= 4 is 29.4 Å². The van der Waals surface area contributed by atoms with Crippen LogP contribution < -0.4 is 10.1 Å². The number of carbonyl (C=O) groups excluding carboxylic acids is 1. The minimum atomic E-state index is -4.75. The molecule has 1 aromatic heterocycles. The number of fused-ring (bicyclic) bond motifs is 1. The van der Waals surface area contributed by atoms with Gasteiger partial charge in [-0.05, 0) is 44.3 Å². The number of aromatic nitrogens is 2. The van der Waals surface area contributed by atoms with Crippen molar-refractivity contribution in [1.82, 2.24) is 15.5 Å². The Morgan fingerprint density at radius 1 is 1.08 bits per heavy atom. The number of carbonyl (C=O) groups is 1. The van der Waals surface area contributed by atoms with E-state index < -0.39 is 29.7 Å². The molecule has 0 spiro atoms. The van der Waals surface area contributed by atoms with Gasteiger partial charge in [-0.3, -0.25) is 4.79 Å². The van der Waals surface area contributed by atoms with E-state index in [-0.39, 0.29) is 30.2 Å². The standard InChI is InChI=1S/C24H19F6N5O2/c1-14(13-33-22(31-2)24(28,29)30)10-11-32-20(36)19-17-8-3-4-9-18(17)34-35-21(19)37-16-7-5-6-15(12-16)23(25,26)27/h3-9,12-13H,2,10-11H2,1H3,(H,32,36)/b14-13+,33-22?. The van der Waals surface area contributed by atoms with E-state index in [4.69, 9.17) is 4.74 Å². The van der Waals surface area contributed by atoms with Crippen molar-refractivity contribution < 1.29 is 35.9 Å². The average Bonchev–Trinajstić information content (AvgIpc) is 2.83. The molecule has 1 heterocycles. The highest BCUT2D eigenvalue weighted by Crippen LogP contribution is 2.34. The third kappa shape index (κ3) is 7.12. The summed E-state index contributed by atoms with van der Waals surface area (Å²) in [4.78, 5) is 19.2. The fourth-order valence-corrected chi connectivity index (χ4v) is 3.08. The number of amidine groups is 1. The molecule has 1 amide bonds. The van der Waals surface area contributed by atoms with Crippen LogP contribution >= 0.6 is 0 Å². The highest BCUT2D eigenvalue weighted by molar-refractivity contribution is 6.07. The summed E-state index contributed by atoms with van der Waals surface area (Å²) in [5, 5.41) is 10.8. The van der Waals surface area contributed by atoms with Gasteiger partial charge < -0.3 is 10.1 Å². The van der Waals surface area contributed by atoms with Gasteiger partial charge in [0.15, 0.2) is 0 Å². The van der Waals surface area contributed by atoms with Crippen LogP contribution in [-0.4, -0.2) is 41.4 Å². The van der Waals surface area contributed by atoms with Gasteiger partial charge in [0.05, 0.1) is 11.1 Å². The van der Waals surface area contributed by atoms with Gasteiger partial charge in [0.1, 0.15) is 11.3 Å². The minimum Gasteiger partial charge on any atom is -0.437 e. The Morgan fingerprint density at radius 3 is 2.49 bits per heavy atom. The van der Waals surface area contributed by atoms with Crippen molar-refractivity contribution in [2.75, 3.05) is 6.54 Å². The zero-order chi connectivity index (χ0) is 27.2. The maximum absolute atomic E-state index is 13.1. The number of amides is 1. The number of ether oxygens (including phenoxy) is 1. The highest BCUT2D eigenvalue weighted by atomic mass is 19.4. The van der Waals surface area contributed by atoms with Gasteiger partial charge >= 0.3 is 12.4 Å². The van der Waals surface area contributed by atoms with Crippen molar-refractivity contribution in [1.29, 1.82) is 0 Å². The average molecular weight is 523 g/mol. The number of hydrogen-bond donors (Lipinski definition) is 1. The maximum Gasteiger partial charge on any atom is 0.451 e. The van der Waals surface area contributed by atoms with Gasteiger partial charge in [-0.15, -0.1) is 10.2 Å². The third-order valence-corrected chi connectivity index (χ3v) is 4.85. The van der Waals surface area contributed by atoms with Crippen LogP contribution in [0.5, 0.6) is 11.6 Å². The zero-order valence-corrected chi connectivity index (χ0v) is 19.2. The summed E-state index contributed by atoms with van der Waals surface area (Å²) in [7, 11) is 0. The molecule has 7 nitrogen and oxygen atoms in total. The number of hydrogen-bond acceptors (Lipinski definition) is 5. The predicted octanol–water partition coefficient (Wildman–Crippen LogP) is 6.13. The lowest BCUT2D eigenvalue weighted by atomic mass is 10.1. The molecular weight excluding hydrogens is 504 g/mol. The van der Waals surface area contributed by atoms with E-state index >= 15 is 0 Å². The molecule has 0 aliphatic rings. The predicted molar refractivity (Wildman–Crippen MR) is 125 cm³/mol.